The van der Waals surface area contributed by atoms with E-state index in [-0.39, 0.29) is 11.1 Å². The molecule has 1 aromatic carbocycles. The summed E-state index contributed by atoms with van der Waals surface area (Å²) in [5, 5.41) is 1.18. The van der Waals surface area contributed by atoms with Crippen molar-refractivity contribution in [2.75, 3.05) is 7.11 Å². The number of rotatable bonds is 3. The van der Waals surface area contributed by atoms with Crippen LogP contribution in [0.1, 0.15) is 29.0 Å². The zero-order chi connectivity index (χ0) is 22.7. The van der Waals surface area contributed by atoms with Gasteiger partial charge in [0.15, 0.2) is 0 Å². The molecule has 0 saturated carbocycles. The van der Waals surface area contributed by atoms with E-state index in [2.05, 4.69) is 4.98 Å². The summed E-state index contributed by atoms with van der Waals surface area (Å²) >= 11 is 8.89. The highest BCUT2D eigenvalue weighted by molar-refractivity contribution is 7.19. The fourth-order valence-electron chi connectivity index (χ4n) is 4.38. The van der Waals surface area contributed by atoms with Gasteiger partial charge in [-0.05, 0) is 61.6 Å². The molecule has 0 fully saturated rings. The Labute approximate surface area is 200 Å². The van der Waals surface area contributed by atoms with Gasteiger partial charge < -0.3 is 9.15 Å². The Morgan fingerprint density at radius 1 is 1.15 bits per heavy atom. The van der Waals surface area contributed by atoms with E-state index in [1.807, 2.05) is 6.07 Å². The lowest BCUT2D eigenvalue weighted by atomic mass is 9.97. The molecular weight excluding hydrogens is 480 g/mol. The van der Waals surface area contributed by atoms with Gasteiger partial charge in [-0.2, -0.15) is 4.98 Å². The number of hydrogen-bond acceptors (Lipinski definition) is 7. The summed E-state index contributed by atoms with van der Waals surface area (Å²) in [6.45, 7) is 0. The third kappa shape index (κ3) is 3.32. The SMILES string of the molecule is COc1ccc(Cl)cc1-c1ccc(/C=c2\sc3nc(=O)c4c5c(sc4n3c2=O)CCCC5)o1. The number of nitrogens with zero attached hydrogens (tertiary/aromatic N) is 2. The minimum atomic E-state index is -0.245. The molecule has 9 heteroatoms. The van der Waals surface area contributed by atoms with Gasteiger partial charge in [-0.25, -0.2) is 4.40 Å². The Morgan fingerprint density at radius 3 is 2.85 bits per heavy atom. The van der Waals surface area contributed by atoms with E-state index in [1.165, 1.54) is 16.2 Å². The van der Waals surface area contributed by atoms with Crippen molar-refractivity contribution < 1.29 is 9.15 Å². The molecule has 4 heterocycles. The summed E-state index contributed by atoms with van der Waals surface area (Å²) in [7, 11) is 1.58. The molecular formula is C24H17ClN2O4S2. The number of hydrogen-bond donors (Lipinski definition) is 0. The maximum Gasteiger partial charge on any atom is 0.282 e. The quantitative estimate of drug-likeness (QED) is 0.362. The van der Waals surface area contributed by atoms with E-state index in [1.54, 1.807) is 53.2 Å². The molecule has 0 atom stereocenters. The summed E-state index contributed by atoms with van der Waals surface area (Å²) < 4.78 is 13.4. The van der Waals surface area contributed by atoms with E-state index in [9.17, 15) is 9.59 Å². The molecule has 1 aliphatic carbocycles. The average Bonchev–Trinajstić information content (AvgIpc) is 3.50. The predicted molar refractivity (Wildman–Crippen MR) is 132 cm³/mol. The Bertz CT molecular complexity index is 1730. The maximum atomic E-state index is 13.3. The summed E-state index contributed by atoms with van der Waals surface area (Å²) in [6, 6.07) is 8.89. The topological polar surface area (TPSA) is 73.8 Å². The zero-order valence-electron chi connectivity index (χ0n) is 17.5. The second kappa shape index (κ2) is 7.83. The third-order valence-corrected chi connectivity index (χ3v) is 8.38. The third-order valence-electron chi connectivity index (χ3n) is 5.90. The molecule has 6 nitrogen and oxygen atoms in total. The molecule has 33 heavy (non-hydrogen) atoms. The Balaban J connectivity index is 1.51. The second-order valence-corrected chi connectivity index (χ2v) is 10.4. The standard InChI is InChI=1S/C24H17ClN2O4S2/c1-30-16-8-6-12(25)10-15(16)17-9-7-13(31-17)11-19-22(29)27-23-20(21(28)26-24(27)33-19)14-4-2-3-5-18(14)32-23/h6-11H,2-5H2,1H3/b19-11-. The average molecular weight is 497 g/mol. The van der Waals surface area contributed by atoms with Gasteiger partial charge in [0.2, 0.25) is 4.96 Å². The zero-order valence-corrected chi connectivity index (χ0v) is 19.9. The van der Waals surface area contributed by atoms with Crippen LogP contribution in [0.15, 0.2) is 44.3 Å². The monoisotopic (exact) mass is 496 g/mol. The highest BCUT2D eigenvalue weighted by Gasteiger charge is 2.22. The Kier molecular flexibility index (Phi) is 4.90. The van der Waals surface area contributed by atoms with Crippen LogP contribution in [0.4, 0.5) is 0 Å². The van der Waals surface area contributed by atoms with Crippen LogP contribution in [0, 0.1) is 0 Å². The fourth-order valence-corrected chi connectivity index (χ4v) is 6.93. The van der Waals surface area contributed by atoms with Crippen molar-refractivity contribution >= 4 is 55.5 Å². The first-order chi connectivity index (χ1) is 16.0. The normalized spacial score (nSPS) is 14.3. The molecule has 0 bridgehead atoms. The molecule has 0 amide bonds. The molecule has 0 saturated heterocycles. The van der Waals surface area contributed by atoms with E-state index in [0.717, 1.165) is 36.8 Å². The van der Waals surface area contributed by atoms with Crippen molar-refractivity contribution in [2.24, 2.45) is 0 Å². The van der Waals surface area contributed by atoms with Crippen LogP contribution in [-0.4, -0.2) is 16.5 Å². The van der Waals surface area contributed by atoms with Crippen molar-refractivity contribution in [3.63, 3.8) is 0 Å². The largest absolute Gasteiger partial charge is 0.496 e. The summed E-state index contributed by atoms with van der Waals surface area (Å²) in [5.74, 6) is 1.73. The summed E-state index contributed by atoms with van der Waals surface area (Å²) in [4.78, 5) is 32.7. The Hall–Kier alpha value is -2.94. The molecule has 166 valence electrons. The fraction of sp³-hybridized carbons (Fsp3) is 0.208. The number of aromatic nitrogens is 2. The van der Waals surface area contributed by atoms with Crippen molar-refractivity contribution in [3.05, 3.63) is 76.8 Å². The van der Waals surface area contributed by atoms with Crippen LogP contribution in [-0.2, 0) is 12.8 Å². The van der Waals surface area contributed by atoms with Crippen LogP contribution in [0.2, 0.25) is 5.02 Å². The predicted octanol–water partition coefficient (Wildman–Crippen LogP) is 4.68. The van der Waals surface area contributed by atoms with Crippen LogP contribution < -0.4 is 20.4 Å². The molecule has 0 radical (unpaired) electrons. The number of thiazole rings is 1. The number of halogens is 1. The van der Waals surface area contributed by atoms with Gasteiger partial charge >= 0.3 is 0 Å². The molecule has 4 aromatic heterocycles. The smallest absolute Gasteiger partial charge is 0.282 e. The van der Waals surface area contributed by atoms with Crippen LogP contribution in [0.3, 0.4) is 0 Å². The molecule has 1 aliphatic rings. The number of furan rings is 1. The molecule has 6 rings (SSSR count). The first-order valence-electron chi connectivity index (χ1n) is 10.5. The molecule has 0 N–H and O–H groups in total. The van der Waals surface area contributed by atoms with Crippen LogP contribution in [0.25, 0.3) is 32.6 Å². The number of methoxy groups -OCH3 is 1. The van der Waals surface area contributed by atoms with Crippen molar-refractivity contribution in [1.29, 1.82) is 0 Å². The molecule has 0 unspecified atom stereocenters. The summed E-state index contributed by atoms with van der Waals surface area (Å²) in [5.41, 5.74) is 1.37. The van der Waals surface area contributed by atoms with Gasteiger partial charge in [0.25, 0.3) is 11.1 Å². The highest BCUT2D eigenvalue weighted by atomic mass is 35.5. The summed E-state index contributed by atoms with van der Waals surface area (Å²) in [6.07, 6.45) is 5.69. The molecule has 0 aliphatic heterocycles. The van der Waals surface area contributed by atoms with E-state index in [4.69, 9.17) is 20.8 Å². The first kappa shape index (κ1) is 20.7. The van der Waals surface area contributed by atoms with Crippen molar-refractivity contribution in [2.45, 2.75) is 25.7 Å². The van der Waals surface area contributed by atoms with Gasteiger partial charge in [-0.1, -0.05) is 22.9 Å². The lowest BCUT2D eigenvalue weighted by molar-refractivity contribution is 0.414. The van der Waals surface area contributed by atoms with Gasteiger partial charge in [0.1, 0.15) is 26.6 Å². The van der Waals surface area contributed by atoms with Gasteiger partial charge in [-0.15, -0.1) is 11.3 Å². The maximum absolute atomic E-state index is 13.3. The van der Waals surface area contributed by atoms with E-state index in [0.29, 0.717) is 42.0 Å². The lowest BCUT2D eigenvalue weighted by Gasteiger charge is -2.09. The molecule has 5 aromatic rings. The Morgan fingerprint density at radius 2 is 2.00 bits per heavy atom. The number of ether oxygens (including phenoxy) is 1. The first-order valence-corrected chi connectivity index (χ1v) is 12.5. The van der Waals surface area contributed by atoms with E-state index < -0.39 is 0 Å². The van der Waals surface area contributed by atoms with Gasteiger partial charge in [0, 0.05) is 16.0 Å². The molecule has 0 spiro atoms. The highest BCUT2D eigenvalue weighted by Crippen LogP contribution is 2.35. The van der Waals surface area contributed by atoms with Crippen LogP contribution >= 0.6 is 34.3 Å². The van der Waals surface area contributed by atoms with Gasteiger partial charge in [0.05, 0.1) is 18.1 Å². The van der Waals surface area contributed by atoms with Crippen molar-refractivity contribution in [3.8, 4) is 17.1 Å². The van der Waals surface area contributed by atoms with Gasteiger partial charge in [-0.3, -0.25) is 9.59 Å². The number of aryl methyl sites for hydroxylation is 2. The number of fused-ring (bicyclic) bond motifs is 5. The van der Waals surface area contributed by atoms with E-state index >= 15 is 0 Å². The minimum Gasteiger partial charge on any atom is -0.496 e. The number of benzene rings is 1. The lowest BCUT2D eigenvalue weighted by Crippen LogP contribution is -2.24. The minimum absolute atomic E-state index is 0.190. The number of thiophene rings is 1. The van der Waals surface area contributed by atoms with Crippen molar-refractivity contribution in [1.82, 2.24) is 9.38 Å². The second-order valence-electron chi connectivity index (χ2n) is 7.89. The van der Waals surface area contributed by atoms with Crippen LogP contribution in [0.5, 0.6) is 5.75 Å².